The lowest BCUT2D eigenvalue weighted by Gasteiger charge is -2.59. The number of halogens is 2. The smallest absolute Gasteiger partial charge is 0.263 e. The number of nitrogens with one attached hydrogen (secondary N) is 2. The molecule has 29 heavy (non-hydrogen) atoms. The molecule has 160 valence electrons. The van der Waals surface area contributed by atoms with Crippen LogP contribution in [0.25, 0.3) is 0 Å². The van der Waals surface area contributed by atoms with Crippen LogP contribution in [0.1, 0.15) is 62.4 Å². The predicted octanol–water partition coefficient (Wildman–Crippen LogP) is 3.37. The number of nitrogens with zero attached hydrogens (tertiary/aromatic N) is 1. The first kappa shape index (κ1) is 21.7. The molecule has 3 rings (SSSR count). The number of hydrogen-bond donors (Lipinski definition) is 2. The highest BCUT2D eigenvalue weighted by Gasteiger charge is 2.52. The summed E-state index contributed by atoms with van der Waals surface area (Å²) >= 11 is 0. The minimum atomic E-state index is -2.58. The van der Waals surface area contributed by atoms with Gasteiger partial charge in [0.15, 0.2) is 0 Å². The zero-order chi connectivity index (χ0) is 21.2. The van der Waals surface area contributed by atoms with Crippen molar-refractivity contribution in [3.05, 3.63) is 35.4 Å². The Morgan fingerprint density at radius 3 is 2.59 bits per heavy atom. The molecule has 2 aliphatic rings. The Bertz CT molecular complexity index is 752. The van der Waals surface area contributed by atoms with Crippen LogP contribution in [0, 0.1) is 11.3 Å². The predicted molar refractivity (Wildman–Crippen MR) is 108 cm³/mol. The Morgan fingerprint density at radius 2 is 1.97 bits per heavy atom. The Labute approximate surface area is 171 Å². The lowest BCUT2D eigenvalue weighted by molar-refractivity contribution is -0.133. The molecule has 0 unspecified atom stereocenters. The van der Waals surface area contributed by atoms with Gasteiger partial charge in [0.05, 0.1) is 6.54 Å². The number of alkyl halides is 2. The first-order valence-corrected chi connectivity index (χ1v) is 10.3. The van der Waals surface area contributed by atoms with Crippen molar-refractivity contribution in [2.24, 2.45) is 11.3 Å². The van der Waals surface area contributed by atoms with Gasteiger partial charge in [-0.15, -0.1) is 0 Å². The molecule has 5 nitrogen and oxygen atoms in total. The molecule has 0 radical (unpaired) electrons. The minimum absolute atomic E-state index is 0.0702. The van der Waals surface area contributed by atoms with Crippen LogP contribution >= 0.6 is 0 Å². The normalized spacial score (nSPS) is 19.0. The number of benzene rings is 1. The monoisotopic (exact) mass is 407 g/mol. The highest BCUT2D eigenvalue weighted by Crippen LogP contribution is 2.51. The fraction of sp³-hybridized carbons (Fsp3) is 0.636. The summed E-state index contributed by atoms with van der Waals surface area (Å²) in [7, 11) is 0. The van der Waals surface area contributed by atoms with E-state index in [4.69, 9.17) is 0 Å². The maximum absolute atomic E-state index is 12.8. The van der Waals surface area contributed by atoms with Gasteiger partial charge in [0.1, 0.15) is 0 Å². The third-order valence-electron chi connectivity index (χ3n) is 6.24. The molecular weight excluding hydrogens is 376 g/mol. The summed E-state index contributed by atoms with van der Waals surface area (Å²) in [6.07, 6.45) is 0.375. The van der Waals surface area contributed by atoms with Crippen molar-refractivity contribution in [2.45, 2.75) is 52.0 Å². The average molecular weight is 408 g/mol. The Kier molecular flexibility index (Phi) is 6.27. The molecule has 1 aromatic rings. The average Bonchev–Trinajstić information content (AvgIpc) is 2.61. The maximum atomic E-state index is 12.8. The first-order chi connectivity index (χ1) is 13.6. The van der Waals surface area contributed by atoms with Gasteiger partial charge < -0.3 is 10.6 Å². The minimum Gasteiger partial charge on any atom is -0.352 e. The van der Waals surface area contributed by atoms with Crippen molar-refractivity contribution in [1.82, 2.24) is 15.5 Å². The van der Waals surface area contributed by atoms with E-state index in [1.807, 2.05) is 13.8 Å². The summed E-state index contributed by atoms with van der Waals surface area (Å²) in [6.45, 7) is 8.95. The molecule has 2 N–H and O–H groups in total. The Hall–Kier alpha value is -2.02. The number of hydrogen-bond acceptors (Lipinski definition) is 3. The molecule has 1 aromatic carbocycles. The van der Waals surface area contributed by atoms with Crippen molar-refractivity contribution < 1.29 is 18.4 Å². The van der Waals surface area contributed by atoms with Gasteiger partial charge in [-0.25, -0.2) is 8.78 Å². The molecule has 1 heterocycles. The molecule has 1 spiro atoms. The molecule has 2 amide bonds. The van der Waals surface area contributed by atoms with Crippen molar-refractivity contribution in [2.75, 3.05) is 26.2 Å². The summed E-state index contributed by atoms with van der Waals surface area (Å²) in [4.78, 5) is 26.5. The quantitative estimate of drug-likeness (QED) is 0.695. The van der Waals surface area contributed by atoms with Crippen LogP contribution in [-0.4, -0.2) is 48.4 Å². The van der Waals surface area contributed by atoms with E-state index in [0.717, 1.165) is 32.4 Å². The van der Waals surface area contributed by atoms with Gasteiger partial charge in [-0.2, -0.15) is 0 Å². The number of carbonyl (C=O) groups is 2. The van der Waals surface area contributed by atoms with Gasteiger partial charge in [0, 0.05) is 36.3 Å². The van der Waals surface area contributed by atoms with Crippen LogP contribution in [-0.2, 0) is 4.79 Å². The SMILES string of the molecule is CCC(C)(C)NC(=O)CN1CC2(CC(CNC(=O)c3cccc(C(F)F)c3)C2)C1. The molecule has 2 fully saturated rings. The molecule has 0 aromatic heterocycles. The first-order valence-electron chi connectivity index (χ1n) is 10.3. The number of amides is 2. The van der Waals surface area contributed by atoms with E-state index in [1.165, 1.54) is 18.2 Å². The van der Waals surface area contributed by atoms with Gasteiger partial charge in [-0.05, 0) is 56.6 Å². The van der Waals surface area contributed by atoms with Gasteiger partial charge in [0.25, 0.3) is 12.3 Å². The molecule has 0 bridgehead atoms. The Morgan fingerprint density at radius 1 is 1.28 bits per heavy atom. The van der Waals surface area contributed by atoms with E-state index in [-0.39, 0.29) is 33.9 Å². The molecule has 7 heteroatoms. The topological polar surface area (TPSA) is 61.4 Å². The molecule has 1 aliphatic heterocycles. The van der Waals surface area contributed by atoms with Crippen molar-refractivity contribution >= 4 is 11.8 Å². The van der Waals surface area contributed by atoms with Crippen LogP contribution in [0.4, 0.5) is 8.78 Å². The second kappa shape index (κ2) is 8.38. The molecule has 0 atom stereocenters. The summed E-state index contributed by atoms with van der Waals surface area (Å²) < 4.78 is 25.5. The van der Waals surface area contributed by atoms with Crippen molar-refractivity contribution in [1.29, 1.82) is 0 Å². The highest BCUT2D eigenvalue weighted by atomic mass is 19.3. The number of rotatable bonds is 8. The number of carbonyl (C=O) groups excluding carboxylic acids is 2. The van der Waals surface area contributed by atoms with E-state index in [9.17, 15) is 18.4 Å². The van der Waals surface area contributed by atoms with E-state index in [2.05, 4.69) is 22.5 Å². The van der Waals surface area contributed by atoms with Gasteiger partial charge in [-0.1, -0.05) is 19.1 Å². The fourth-order valence-electron chi connectivity index (χ4n) is 4.44. The third-order valence-corrected chi connectivity index (χ3v) is 6.24. The van der Waals surface area contributed by atoms with Crippen LogP contribution < -0.4 is 10.6 Å². The Balaban J connectivity index is 1.36. The lowest BCUT2D eigenvalue weighted by atomic mass is 9.57. The number of likely N-dealkylation sites (tertiary alicyclic amines) is 1. The van der Waals surface area contributed by atoms with Crippen LogP contribution in [0.2, 0.25) is 0 Å². The largest absolute Gasteiger partial charge is 0.352 e. The fourth-order valence-corrected chi connectivity index (χ4v) is 4.44. The lowest BCUT2D eigenvalue weighted by Crippen LogP contribution is -2.65. The molecule has 1 saturated heterocycles. The molecule has 1 aliphatic carbocycles. The van der Waals surface area contributed by atoms with Gasteiger partial charge in [-0.3, -0.25) is 14.5 Å². The van der Waals surface area contributed by atoms with Crippen LogP contribution in [0.5, 0.6) is 0 Å². The summed E-state index contributed by atoms with van der Waals surface area (Å²) in [6, 6.07) is 5.60. The van der Waals surface area contributed by atoms with Crippen molar-refractivity contribution in [3.8, 4) is 0 Å². The van der Waals surface area contributed by atoms with E-state index in [1.54, 1.807) is 6.07 Å². The maximum Gasteiger partial charge on any atom is 0.263 e. The third kappa shape index (κ3) is 5.32. The zero-order valence-corrected chi connectivity index (χ0v) is 17.4. The highest BCUT2D eigenvalue weighted by molar-refractivity contribution is 5.94. The standard InChI is InChI=1S/C22H31F2N3O2/c1-4-21(2,3)26-18(28)12-27-13-22(14-27)9-15(10-22)11-25-20(29)17-7-5-6-16(8-17)19(23)24/h5-8,15,19H,4,9-14H2,1-3H3,(H,25,29)(H,26,28). The van der Waals surface area contributed by atoms with Crippen molar-refractivity contribution in [3.63, 3.8) is 0 Å². The van der Waals surface area contributed by atoms with E-state index in [0.29, 0.717) is 19.0 Å². The van der Waals surface area contributed by atoms with Crippen LogP contribution in [0.3, 0.4) is 0 Å². The van der Waals surface area contributed by atoms with E-state index < -0.39 is 6.43 Å². The van der Waals surface area contributed by atoms with Gasteiger partial charge >= 0.3 is 0 Å². The van der Waals surface area contributed by atoms with Crippen LogP contribution in [0.15, 0.2) is 24.3 Å². The van der Waals surface area contributed by atoms with E-state index >= 15 is 0 Å². The summed E-state index contributed by atoms with van der Waals surface area (Å²) in [5, 5.41) is 5.93. The second-order valence-electron chi connectivity index (χ2n) is 9.34. The summed E-state index contributed by atoms with van der Waals surface area (Å²) in [5.74, 6) is 0.173. The second-order valence-corrected chi connectivity index (χ2v) is 9.34. The molecular formula is C22H31F2N3O2. The molecule has 1 saturated carbocycles. The van der Waals surface area contributed by atoms with Gasteiger partial charge in [0.2, 0.25) is 5.91 Å². The summed E-state index contributed by atoms with van der Waals surface area (Å²) in [5.41, 5.74) is 0.244. The zero-order valence-electron chi connectivity index (χ0n) is 17.4.